The first-order valence-corrected chi connectivity index (χ1v) is 6.84. The number of pyridine rings is 1. The van der Waals surface area contributed by atoms with Gasteiger partial charge in [0, 0.05) is 10.0 Å². The fraction of sp³-hybridized carbons (Fsp3) is 0.133. The third kappa shape index (κ3) is 2.60. The monoisotopic (exact) mass is 345 g/mol. The number of nitrogens with zero attached hydrogens (tertiary/aromatic N) is 2. The third-order valence-electron chi connectivity index (χ3n) is 3.05. The van der Waals surface area contributed by atoms with Crippen molar-refractivity contribution in [1.82, 2.24) is 4.98 Å². The fourth-order valence-electron chi connectivity index (χ4n) is 2.12. The van der Waals surface area contributed by atoms with Crippen LogP contribution in [-0.2, 0) is 4.74 Å². The van der Waals surface area contributed by atoms with Crippen molar-refractivity contribution in [3.8, 4) is 17.2 Å². The van der Waals surface area contributed by atoms with Crippen molar-refractivity contribution in [2.75, 3.05) is 12.8 Å². The first-order chi connectivity index (χ1) is 10.0. The summed E-state index contributed by atoms with van der Waals surface area (Å²) in [7, 11) is 1.29. The maximum atomic E-state index is 12.1. The molecule has 0 aliphatic rings. The molecule has 0 atom stereocenters. The molecule has 6 heteroatoms. The number of methoxy groups -OCH3 is 1. The van der Waals surface area contributed by atoms with Gasteiger partial charge in [0.15, 0.2) is 0 Å². The van der Waals surface area contributed by atoms with Crippen molar-refractivity contribution in [2.45, 2.75) is 6.92 Å². The number of carbonyl (C=O) groups is 1. The van der Waals surface area contributed by atoms with Crippen molar-refractivity contribution >= 4 is 27.7 Å². The number of hydrogen-bond acceptors (Lipinski definition) is 5. The number of aromatic nitrogens is 1. The van der Waals surface area contributed by atoms with Crippen LogP contribution < -0.4 is 5.73 Å². The molecule has 0 saturated heterocycles. The van der Waals surface area contributed by atoms with Crippen LogP contribution in [0.15, 0.2) is 28.7 Å². The zero-order chi connectivity index (χ0) is 15.6. The van der Waals surface area contributed by atoms with Crippen LogP contribution in [0.25, 0.3) is 11.1 Å². The normalized spacial score (nSPS) is 10.0. The molecule has 2 aromatic rings. The van der Waals surface area contributed by atoms with E-state index in [0.29, 0.717) is 16.8 Å². The molecule has 0 aliphatic heterocycles. The molecule has 0 fully saturated rings. The number of carbonyl (C=O) groups excluding carboxylic acids is 1. The van der Waals surface area contributed by atoms with Gasteiger partial charge in [0.05, 0.1) is 18.4 Å². The van der Waals surface area contributed by atoms with Crippen molar-refractivity contribution in [3.05, 3.63) is 45.6 Å². The molecule has 0 bridgehead atoms. The van der Waals surface area contributed by atoms with Crippen LogP contribution in [0.2, 0.25) is 0 Å². The standard InChI is InChI=1S/C15H12BrN3O2/c1-8-12(15(20)21-2)13(10(7-17)14(18)19-8)9-5-3-4-6-11(9)16/h3-6H,1-2H3,(H2,18,19). The van der Waals surface area contributed by atoms with Crippen LogP contribution in [0.1, 0.15) is 21.6 Å². The van der Waals surface area contributed by atoms with E-state index in [1.54, 1.807) is 13.0 Å². The number of esters is 1. The van der Waals surface area contributed by atoms with Gasteiger partial charge in [-0.25, -0.2) is 9.78 Å². The van der Waals surface area contributed by atoms with Crippen molar-refractivity contribution in [2.24, 2.45) is 0 Å². The van der Waals surface area contributed by atoms with Crippen molar-refractivity contribution in [1.29, 1.82) is 5.26 Å². The van der Waals surface area contributed by atoms with Gasteiger partial charge in [0.2, 0.25) is 0 Å². The molecule has 2 rings (SSSR count). The first-order valence-electron chi connectivity index (χ1n) is 6.04. The van der Waals surface area contributed by atoms with Gasteiger partial charge in [-0.3, -0.25) is 0 Å². The predicted octanol–water partition coefficient (Wildman–Crippen LogP) is 3.06. The summed E-state index contributed by atoms with van der Waals surface area (Å²) in [5.74, 6) is -0.462. The third-order valence-corrected chi connectivity index (χ3v) is 3.74. The molecule has 0 saturated carbocycles. The molecule has 0 radical (unpaired) electrons. The molecular formula is C15H12BrN3O2. The zero-order valence-electron chi connectivity index (χ0n) is 11.5. The highest BCUT2D eigenvalue weighted by Crippen LogP contribution is 2.36. The Morgan fingerprint density at radius 1 is 1.43 bits per heavy atom. The molecule has 1 aromatic heterocycles. The van der Waals surface area contributed by atoms with Gasteiger partial charge >= 0.3 is 5.97 Å². The first kappa shape index (κ1) is 15.0. The van der Waals surface area contributed by atoms with E-state index in [-0.39, 0.29) is 16.9 Å². The second-order valence-electron chi connectivity index (χ2n) is 4.29. The molecular weight excluding hydrogens is 334 g/mol. The highest BCUT2D eigenvalue weighted by Gasteiger charge is 2.24. The van der Waals surface area contributed by atoms with E-state index in [9.17, 15) is 10.1 Å². The lowest BCUT2D eigenvalue weighted by molar-refractivity contribution is 0.0600. The summed E-state index contributed by atoms with van der Waals surface area (Å²) in [6, 6.07) is 9.30. The Morgan fingerprint density at radius 3 is 2.67 bits per heavy atom. The molecule has 0 spiro atoms. The summed E-state index contributed by atoms with van der Waals surface area (Å²) in [5, 5.41) is 9.38. The van der Waals surface area contributed by atoms with Gasteiger partial charge < -0.3 is 10.5 Å². The van der Waals surface area contributed by atoms with Gasteiger partial charge in [-0.15, -0.1) is 0 Å². The second kappa shape index (κ2) is 5.94. The van der Waals surface area contributed by atoms with E-state index in [0.717, 1.165) is 4.47 Å². The highest BCUT2D eigenvalue weighted by atomic mass is 79.9. The molecule has 21 heavy (non-hydrogen) atoms. The van der Waals surface area contributed by atoms with E-state index in [1.165, 1.54) is 7.11 Å². The second-order valence-corrected chi connectivity index (χ2v) is 5.15. The Hall–Kier alpha value is -2.39. The quantitative estimate of drug-likeness (QED) is 0.844. The molecule has 1 heterocycles. The van der Waals surface area contributed by atoms with Crippen LogP contribution in [0.3, 0.4) is 0 Å². The minimum absolute atomic E-state index is 0.0911. The van der Waals surface area contributed by atoms with Crippen LogP contribution >= 0.6 is 15.9 Å². The summed E-state index contributed by atoms with van der Waals surface area (Å²) in [6.45, 7) is 1.66. The number of nitriles is 1. The maximum absolute atomic E-state index is 12.1. The van der Waals surface area contributed by atoms with Gasteiger partial charge in [0.1, 0.15) is 17.5 Å². The summed E-state index contributed by atoms with van der Waals surface area (Å²) >= 11 is 3.43. The number of nitrogens with two attached hydrogens (primary N) is 1. The number of benzene rings is 1. The van der Waals surface area contributed by atoms with Gasteiger partial charge in [-0.2, -0.15) is 5.26 Å². The van der Waals surface area contributed by atoms with E-state index < -0.39 is 5.97 Å². The predicted molar refractivity (Wildman–Crippen MR) is 82.6 cm³/mol. The van der Waals surface area contributed by atoms with Crippen LogP contribution in [0.5, 0.6) is 0 Å². The Morgan fingerprint density at radius 2 is 2.10 bits per heavy atom. The van der Waals surface area contributed by atoms with Crippen LogP contribution in [-0.4, -0.2) is 18.1 Å². The summed E-state index contributed by atoms with van der Waals surface area (Å²) in [5.41, 5.74) is 7.77. The topological polar surface area (TPSA) is 89.0 Å². The number of hydrogen-bond donors (Lipinski definition) is 1. The number of ether oxygens (including phenoxy) is 1. The number of halogens is 1. The van der Waals surface area contributed by atoms with Crippen molar-refractivity contribution < 1.29 is 9.53 Å². The number of rotatable bonds is 2. The number of anilines is 1. The highest BCUT2D eigenvalue weighted by molar-refractivity contribution is 9.10. The van der Waals surface area contributed by atoms with Gasteiger partial charge in [-0.05, 0) is 18.6 Å². The number of nitrogen functional groups attached to an aromatic ring is 1. The minimum Gasteiger partial charge on any atom is -0.465 e. The zero-order valence-corrected chi connectivity index (χ0v) is 13.1. The fourth-order valence-corrected chi connectivity index (χ4v) is 2.61. The minimum atomic E-state index is -0.553. The molecule has 2 N–H and O–H groups in total. The Bertz CT molecular complexity index is 766. The van der Waals surface area contributed by atoms with Crippen LogP contribution in [0.4, 0.5) is 5.82 Å². The summed E-state index contributed by atoms with van der Waals surface area (Å²) in [4.78, 5) is 16.2. The smallest absolute Gasteiger partial charge is 0.340 e. The van der Waals surface area contributed by atoms with E-state index in [2.05, 4.69) is 20.9 Å². The van der Waals surface area contributed by atoms with Crippen molar-refractivity contribution in [3.63, 3.8) is 0 Å². The van der Waals surface area contributed by atoms with Crippen LogP contribution in [0, 0.1) is 18.3 Å². The lowest BCUT2D eigenvalue weighted by atomic mass is 9.94. The summed E-state index contributed by atoms with van der Waals surface area (Å²) in [6.07, 6.45) is 0. The summed E-state index contributed by atoms with van der Waals surface area (Å²) < 4.78 is 5.56. The Balaban J connectivity index is 2.94. The largest absolute Gasteiger partial charge is 0.465 e. The maximum Gasteiger partial charge on any atom is 0.340 e. The molecule has 5 nitrogen and oxygen atoms in total. The molecule has 0 aliphatic carbocycles. The number of aryl methyl sites for hydroxylation is 1. The molecule has 0 amide bonds. The van der Waals surface area contributed by atoms with Gasteiger partial charge in [-0.1, -0.05) is 34.1 Å². The van der Waals surface area contributed by atoms with E-state index in [1.807, 2.05) is 24.3 Å². The Kier molecular flexibility index (Phi) is 4.24. The van der Waals surface area contributed by atoms with Gasteiger partial charge in [0.25, 0.3) is 0 Å². The SMILES string of the molecule is COC(=O)c1c(C)nc(N)c(C#N)c1-c1ccccc1Br. The Labute approximate surface area is 130 Å². The molecule has 0 unspecified atom stereocenters. The molecule has 106 valence electrons. The average molecular weight is 346 g/mol. The van der Waals surface area contributed by atoms with E-state index in [4.69, 9.17) is 10.5 Å². The molecule has 1 aromatic carbocycles. The lowest BCUT2D eigenvalue weighted by Crippen LogP contribution is -2.12. The van der Waals surface area contributed by atoms with E-state index >= 15 is 0 Å². The average Bonchev–Trinajstić information content (AvgIpc) is 2.46. The lowest BCUT2D eigenvalue weighted by Gasteiger charge is -2.15.